The Morgan fingerprint density at radius 2 is 2.00 bits per heavy atom. The van der Waals surface area contributed by atoms with Gasteiger partial charge in [0, 0.05) is 11.1 Å². The predicted octanol–water partition coefficient (Wildman–Crippen LogP) is 3.57. The minimum absolute atomic E-state index is 0.272. The van der Waals surface area contributed by atoms with E-state index in [9.17, 15) is 9.59 Å². The topological polar surface area (TPSA) is 55.4 Å². The molecule has 1 N–H and O–H groups in total. The van der Waals surface area contributed by atoms with E-state index >= 15 is 0 Å². The van der Waals surface area contributed by atoms with Gasteiger partial charge in [-0.3, -0.25) is 9.59 Å². The van der Waals surface area contributed by atoms with Crippen LogP contribution in [0.3, 0.4) is 0 Å². The minimum atomic E-state index is -0.334. The lowest BCUT2D eigenvalue weighted by Crippen LogP contribution is -2.06. The van der Waals surface area contributed by atoms with Crippen LogP contribution in [-0.4, -0.2) is 18.8 Å². The Balaban J connectivity index is 2.02. The number of nitrogens with one attached hydrogen (secondary N) is 1. The lowest BCUT2D eigenvalue weighted by Gasteiger charge is -2.03. The van der Waals surface area contributed by atoms with Gasteiger partial charge in [-0.25, -0.2) is 0 Å². The maximum absolute atomic E-state index is 12.4. The highest BCUT2D eigenvalue weighted by Crippen LogP contribution is 2.37. The van der Waals surface area contributed by atoms with Crippen LogP contribution in [0.1, 0.15) is 15.9 Å². The number of carbonyl (C=O) groups is 2. The normalized spacial score (nSPS) is 14.6. The van der Waals surface area contributed by atoms with Gasteiger partial charge in [-0.1, -0.05) is 29.8 Å². The average Bonchev–Trinajstić information content (AvgIpc) is 2.84. The Morgan fingerprint density at radius 3 is 2.77 bits per heavy atom. The van der Waals surface area contributed by atoms with Crippen molar-refractivity contribution in [1.82, 2.24) is 0 Å². The van der Waals surface area contributed by atoms with Crippen molar-refractivity contribution >= 4 is 34.6 Å². The van der Waals surface area contributed by atoms with Gasteiger partial charge in [0.25, 0.3) is 5.91 Å². The van der Waals surface area contributed by atoms with E-state index in [-0.39, 0.29) is 17.3 Å². The number of rotatable bonds is 3. The number of hydrogen-bond donors (Lipinski definition) is 1. The van der Waals surface area contributed by atoms with E-state index in [0.29, 0.717) is 27.6 Å². The number of fused-ring (bicyclic) bond motifs is 1. The van der Waals surface area contributed by atoms with Crippen molar-refractivity contribution < 1.29 is 14.3 Å². The van der Waals surface area contributed by atoms with Crippen LogP contribution in [0.2, 0.25) is 5.02 Å². The van der Waals surface area contributed by atoms with Crippen molar-refractivity contribution in [3.63, 3.8) is 0 Å². The third-order valence-corrected chi connectivity index (χ3v) is 3.72. The molecule has 2 aromatic carbocycles. The number of carbonyl (C=O) groups excluding carboxylic acids is 2. The van der Waals surface area contributed by atoms with E-state index < -0.39 is 0 Å². The van der Waals surface area contributed by atoms with Crippen molar-refractivity contribution in [2.24, 2.45) is 0 Å². The van der Waals surface area contributed by atoms with Gasteiger partial charge >= 0.3 is 0 Å². The monoisotopic (exact) mass is 313 g/mol. The first-order valence-corrected chi connectivity index (χ1v) is 6.98. The van der Waals surface area contributed by atoms with Gasteiger partial charge < -0.3 is 10.1 Å². The van der Waals surface area contributed by atoms with E-state index in [0.717, 1.165) is 0 Å². The van der Waals surface area contributed by atoms with Gasteiger partial charge in [-0.15, -0.1) is 0 Å². The SMILES string of the molecule is COc1cccc(C(=O)C=C2C(=O)Nc3cccc(Cl)c32)c1. The van der Waals surface area contributed by atoms with E-state index in [4.69, 9.17) is 16.3 Å². The molecule has 110 valence electrons. The summed E-state index contributed by atoms with van der Waals surface area (Å²) in [7, 11) is 1.53. The second-order valence-electron chi connectivity index (χ2n) is 4.77. The first-order valence-electron chi connectivity index (χ1n) is 6.60. The van der Waals surface area contributed by atoms with Crippen molar-refractivity contribution in [3.8, 4) is 5.75 Å². The van der Waals surface area contributed by atoms with E-state index in [1.807, 2.05) is 0 Å². The molecule has 0 bridgehead atoms. The summed E-state index contributed by atoms with van der Waals surface area (Å²) in [5.41, 5.74) is 1.89. The Labute approximate surface area is 132 Å². The third kappa shape index (κ3) is 2.49. The van der Waals surface area contributed by atoms with Crippen LogP contribution >= 0.6 is 11.6 Å². The van der Waals surface area contributed by atoms with Crippen LogP contribution in [0.15, 0.2) is 48.5 Å². The molecule has 0 atom stereocenters. The molecular weight excluding hydrogens is 302 g/mol. The van der Waals surface area contributed by atoms with Crippen LogP contribution in [0.4, 0.5) is 5.69 Å². The first-order chi connectivity index (χ1) is 10.6. The highest BCUT2D eigenvalue weighted by atomic mass is 35.5. The molecule has 1 aliphatic heterocycles. The fourth-order valence-electron chi connectivity index (χ4n) is 2.33. The number of methoxy groups -OCH3 is 1. The molecule has 0 radical (unpaired) electrons. The fraction of sp³-hybridized carbons (Fsp3) is 0.0588. The lowest BCUT2D eigenvalue weighted by atomic mass is 10.0. The molecule has 3 rings (SSSR count). The Kier molecular flexibility index (Phi) is 3.69. The standard InChI is InChI=1S/C17H12ClNO3/c1-22-11-5-2-4-10(8-11)15(20)9-12-16-13(18)6-3-7-14(16)19-17(12)21/h2-9H,1H3,(H,19,21). The van der Waals surface area contributed by atoms with Crippen molar-refractivity contribution in [2.45, 2.75) is 0 Å². The number of halogens is 1. The van der Waals surface area contributed by atoms with Crippen molar-refractivity contribution in [2.75, 3.05) is 12.4 Å². The molecule has 0 unspecified atom stereocenters. The van der Waals surface area contributed by atoms with Crippen LogP contribution in [0, 0.1) is 0 Å². The fourth-order valence-corrected chi connectivity index (χ4v) is 2.61. The number of benzene rings is 2. The molecule has 0 saturated carbocycles. The Bertz CT molecular complexity index is 811. The third-order valence-electron chi connectivity index (χ3n) is 3.41. The van der Waals surface area contributed by atoms with Crippen LogP contribution < -0.4 is 10.1 Å². The summed E-state index contributed by atoms with van der Waals surface area (Å²) in [6, 6.07) is 11.9. The summed E-state index contributed by atoms with van der Waals surface area (Å²) in [6.07, 6.45) is 1.31. The smallest absolute Gasteiger partial charge is 0.256 e. The summed E-state index contributed by atoms with van der Waals surface area (Å²) >= 11 is 6.14. The van der Waals surface area contributed by atoms with Crippen LogP contribution in [-0.2, 0) is 4.79 Å². The number of ether oxygens (including phenoxy) is 1. The molecule has 0 fully saturated rings. The maximum atomic E-state index is 12.4. The van der Waals surface area contributed by atoms with Crippen molar-refractivity contribution in [1.29, 1.82) is 0 Å². The zero-order valence-electron chi connectivity index (χ0n) is 11.7. The van der Waals surface area contributed by atoms with Crippen LogP contribution in [0.25, 0.3) is 5.57 Å². The molecule has 5 heteroatoms. The van der Waals surface area contributed by atoms with E-state index in [1.165, 1.54) is 13.2 Å². The molecule has 1 amide bonds. The van der Waals surface area contributed by atoms with Gasteiger partial charge in [0.15, 0.2) is 5.78 Å². The molecule has 0 aromatic heterocycles. The second kappa shape index (κ2) is 5.66. The number of ketones is 1. The molecule has 1 heterocycles. The number of amides is 1. The molecule has 4 nitrogen and oxygen atoms in total. The van der Waals surface area contributed by atoms with Crippen LogP contribution in [0.5, 0.6) is 5.75 Å². The van der Waals surface area contributed by atoms with E-state index in [2.05, 4.69) is 5.32 Å². The summed E-state index contributed by atoms with van der Waals surface area (Å²) in [4.78, 5) is 24.4. The molecular formula is C17H12ClNO3. The molecule has 1 aliphatic rings. The van der Waals surface area contributed by atoms with Gasteiger partial charge in [0.05, 0.1) is 23.4 Å². The lowest BCUT2D eigenvalue weighted by molar-refractivity contribution is -0.110. The summed E-state index contributed by atoms with van der Waals surface area (Å²) in [6.45, 7) is 0. The van der Waals surface area contributed by atoms with E-state index in [1.54, 1.807) is 42.5 Å². The molecule has 22 heavy (non-hydrogen) atoms. The number of allylic oxidation sites excluding steroid dienone is 1. The quantitative estimate of drug-likeness (QED) is 0.696. The second-order valence-corrected chi connectivity index (χ2v) is 5.18. The largest absolute Gasteiger partial charge is 0.497 e. The first kappa shape index (κ1) is 14.4. The number of hydrogen-bond acceptors (Lipinski definition) is 3. The minimum Gasteiger partial charge on any atom is -0.497 e. The highest BCUT2D eigenvalue weighted by molar-refractivity contribution is 6.41. The average molecular weight is 314 g/mol. The summed E-state index contributed by atoms with van der Waals surface area (Å²) in [5, 5.41) is 3.13. The predicted molar refractivity (Wildman–Crippen MR) is 85.4 cm³/mol. The highest BCUT2D eigenvalue weighted by Gasteiger charge is 2.27. The molecule has 0 spiro atoms. The molecule has 2 aromatic rings. The van der Waals surface area contributed by atoms with Crippen molar-refractivity contribution in [3.05, 3.63) is 64.7 Å². The Morgan fingerprint density at radius 1 is 1.23 bits per heavy atom. The van der Waals surface area contributed by atoms with Gasteiger partial charge in [0.2, 0.25) is 0 Å². The summed E-state index contributed by atoms with van der Waals surface area (Å²) < 4.78 is 5.10. The van der Waals surface area contributed by atoms with Gasteiger partial charge in [-0.05, 0) is 30.3 Å². The zero-order valence-corrected chi connectivity index (χ0v) is 12.5. The summed E-state index contributed by atoms with van der Waals surface area (Å²) in [5.74, 6) is -0.0327. The van der Waals surface area contributed by atoms with Gasteiger partial charge in [0.1, 0.15) is 5.75 Å². The zero-order chi connectivity index (χ0) is 15.7. The molecule has 0 saturated heterocycles. The van der Waals surface area contributed by atoms with Gasteiger partial charge in [-0.2, -0.15) is 0 Å². The molecule has 0 aliphatic carbocycles. The Hall–Kier alpha value is -2.59. The maximum Gasteiger partial charge on any atom is 0.256 e. The number of anilines is 1.